The van der Waals surface area contributed by atoms with Crippen molar-refractivity contribution in [1.82, 2.24) is 20.2 Å². The van der Waals surface area contributed by atoms with E-state index in [1.807, 2.05) is 0 Å². The number of hydrogen-bond donors (Lipinski definition) is 1. The fraction of sp³-hybridized carbons (Fsp3) is 0.650. The molecule has 0 spiro atoms. The normalized spacial score (nSPS) is 19.5. The van der Waals surface area contributed by atoms with E-state index < -0.39 is 0 Å². The highest BCUT2D eigenvalue weighted by Gasteiger charge is 2.21. The Morgan fingerprint density at radius 2 is 1.96 bits per heavy atom. The van der Waals surface area contributed by atoms with Crippen LogP contribution in [-0.4, -0.2) is 60.0 Å². The summed E-state index contributed by atoms with van der Waals surface area (Å²) in [5, 5.41) is 6.33. The summed E-state index contributed by atoms with van der Waals surface area (Å²) in [6.07, 6.45) is 9.61. The molecule has 0 bridgehead atoms. The van der Waals surface area contributed by atoms with E-state index in [0.29, 0.717) is 6.54 Å². The molecular weight excluding hydrogens is 358 g/mol. The molecule has 2 aliphatic rings. The number of nitrogens with one attached hydrogen (secondary N) is 1. The third-order valence-electron chi connectivity index (χ3n) is 5.88. The Hall–Kier alpha value is -1.73. The van der Waals surface area contributed by atoms with Gasteiger partial charge < -0.3 is 10.2 Å². The smallest absolute Gasteiger partial charge is 0.234 e. The van der Waals surface area contributed by atoms with Gasteiger partial charge in [-0.05, 0) is 23.8 Å². The van der Waals surface area contributed by atoms with E-state index in [2.05, 4.69) is 36.5 Å². The van der Waals surface area contributed by atoms with Crippen molar-refractivity contribution in [3.8, 4) is 0 Å². The van der Waals surface area contributed by atoms with Crippen molar-refractivity contribution in [2.75, 3.05) is 44.2 Å². The zero-order valence-electron chi connectivity index (χ0n) is 15.9. The number of anilines is 1. The Kier molecular flexibility index (Phi) is 6.19. The van der Waals surface area contributed by atoms with Gasteiger partial charge in [0.15, 0.2) is 0 Å². The Morgan fingerprint density at radius 1 is 1.15 bits per heavy atom. The molecule has 2 aromatic rings. The molecule has 0 aromatic carbocycles. The van der Waals surface area contributed by atoms with Crippen molar-refractivity contribution >= 4 is 33.3 Å². The summed E-state index contributed by atoms with van der Waals surface area (Å²) in [5.74, 6) is 2.02. The van der Waals surface area contributed by atoms with Crippen LogP contribution in [0.1, 0.15) is 38.5 Å². The topological polar surface area (TPSA) is 61.4 Å². The van der Waals surface area contributed by atoms with Crippen molar-refractivity contribution in [2.24, 2.45) is 5.92 Å². The summed E-state index contributed by atoms with van der Waals surface area (Å²) in [6.45, 7) is 4.93. The van der Waals surface area contributed by atoms with E-state index in [1.165, 1.54) is 32.1 Å². The van der Waals surface area contributed by atoms with E-state index in [9.17, 15) is 4.79 Å². The van der Waals surface area contributed by atoms with Gasteiger partial charge in [-0.2, -0.15) is 0 Å². The number of amides is 1. The van der Waals surface area contributed by atoms with Crippen molar-refractivity contribution in [2.45, 2.75) is 38.5 Å². The monoisotopic (exact) mass is 387 g/mol. The Bertz CT molecular complexity index is 750. The van der Waals surface area contributed by atoms with Gasteiger partial charge in [0, 0.05) is 32.7 Å². The van der Waals surface area contributed by atoms with Crippen molar-refractivity contribution < 1.29 is 4.79 Å². The Morgan fingerprint density at radius 3 is 2.78 bits per heavy atom. The van der Waals surface area contributed by atoms with Gasteiger partial charge in [-0.1, -0.05) is 32.1 Å². The number of rotatable bonds is 6. The minimum atomic E-state index is 0.168. The molecule has 1 saturated carbocycles. The van der Waals surface area contributed by atoms with Gasteiger partial charge in [-0.3, -0.25) is 9.69 Å². The van der Waals surface area contributed by atoms with E-state index >= 15 is 0 Å². The molecule has 6 nitrogen and oxygen atoms in total. The van der Waals surface area contributed by atoms with Crippen LogP contribution in [-0.2, 0) is 4.79 Å². The lowest BCUT2D eigenvalue weighted by molar-refractivity contribution is -0.122. The number of nitrogens with zero attached hydrogens (tertiary/aromatic N) is 4. The van der Waals surface area contributed by atoms with E-state index in [-0.39, 0.29) is 5.91 Å². The highest BCUT2D eigenvalue weighted by molar-refractivity contribution is 7.16. The number of hydrogen-bond acceptors (Lipinski definition) is 6. The molecule has 1 aliphatic carbocycles. The van der Waals surface area contributed by atoms with E-state index in [1.54, 1.807) is 17.7 Å². The van der Waals surface area contributed by atoms with Crippen molar-refractivity contribution in [1.29, 1.82) is 0 Å². The molecular formula is C20H29N5OS. The van der Waals surface area contributed by atoms with Crippen molar-refractivity contribution in [3.63, 3.8) is 0 Å². The van der Waals surface area contributed by atoms with Crippen LogP contribution in [0, 0.1) is 5.92 Å². The second-order valence-corrected chi connectivity index (χ2v) is 8.64. The largest absolute Gasteiger partial charge is 0.355 e. The van der Waals surface area contributed by atoms with Gasteiger partial charge in [-0.25, -0.2) is 9.97 Å². The molecule has 0 unspecified atom stereocenters. The quantitative estimate of drug-likeness (QED) is 0.826. The average molecular weight is 388 g/mol. The standard InChI is InChI=1S/C20H29N5OS/c26-18(21-8-6-16-4-2-1-3-5-16)14-24-9-11-25(12-10-24)19-17-7-13-27-20(17)23-15-22-19/h7,13,15-16H,1-6,8-12,14H2,(H,21,26). The molecule has 1 N–H and O–H groups in total. The number of fused-ring (bicyclic) bond motifs is 1. The van der Waals surface area contributed by atoms with Crippen LogP contribution in [0.4, 0.5) is 5.82 Å². The molecule has 3 heterocycles. The van der Waals surface area contributed by atoms with Crippen LogP contribution < -0.4 is 10.2 Å². The molecule has 0 atom stereocenters. The molecule has 2 fully saturated rings. The molecule has 2 aromatic heterocycles. The molecule has 27 heavy (non-hydrogen) atoms. The van der Waals surface area contributed by atoms with Crippen LogP contribution in [0.2, 0.25) is 0 Å². The maximum absolute atomic E-state index is 12.3. The first kappa shape index (κ1) is 18.6. The van der Waals surface area contributed by atoms with Crippen LogP contribution in [0.15, 0.2) is 17.8 Å². The first-order valence-corrected chi connectivity index (χ1v) is 11.1. The van der Waals surface area contributed by atoms with Crippen LogP contribution in [0.25, 0.3) is 10.2 Å². The third kappa shape index (κ3) is 4.76. The summed E-state index contributed by atoms with van der Waals surface area (Å²) >= 11 is 1.65. The van der Waals surface area contributed by atoms with E-state index in [0.717, 1.165) is 61.1 Å². The second kappa shape index (κ2) is 8.97. The minimum absolute atomic E-state index is 0.168. The number of piperazine rings is 1. The van der Waals surface area contributed by atoms with Crippen LogP contribution in [0.5, 0.6) is 0 Å². The molecule has 1 aliphatic heterocycles. The average Bonchev–Trinajstić information content (AvgIpc) is 3.18. The van der Waals surface area contributed by atoms with Gasteiger partial charge in [0.1, 0.15) is 17.0 Å². The number of carbonyl (C=O) groups excluding carboxylic acids is 1. The summed E-state index contributed by atoms with van der Waals surface area (Å²) in [5.41, 5.74) is 0. The first-order chi connectivity index (χ1) is 13.3. The zero-order valence-corrected chi connectivity index (χ0v) is 16.7. The summed E-state index contributed by atoms with van der Waals surface area (Å²) < 4.78 is 0. The summed E-state index contributed by atoms with van der Waals surface area (Å²) in [7, 11) is 0. The number of carbonyl (C=O) groups is 1. The minimum Gasteiger partial charge on any atom is -0.355 e. The van der Waals surface area contributed by atoms with Gasteiger partial charge in [0.2, 0.25) is 5.91 Å². The lowest BCUT2D eigenvalue weighted by Gasteiger charge is -2.35. The first-order valence-electron chi connectivity index (χ1n) is 10.2. The molecule has 0 radical (unpaired) electrons. The maximum Gasteiger partial charge on any atom is 0.234 e. The second-order valence-electron chi connectivity index (χ2n) is 7.74. The zero-order chi connectivity index (χ0) is 18.5. The summed E-state index contributed by atoms with van der Waals surface area (Å²) in [4.78, 5) is 26.7. The molecule has 1 amide bonds. The predicted molar refractivity (Wildman–Crippen MR) is 110 cm³/mol. The SMILES string of the molecule is O=C(CN1CCN(c2ncnc3sccc23)CC1)NCCC1CCCCC1. The Balaban J connectivity index is 1.20. The van der Waals surface area contributed by atoms with Gasteiger partial charge in [-0.15, -0.1) is 11.3 Å². The fourth-order valence-corrected chi connectivity index (χ4v) is 5.02. The third-order valence-corrected chi connectivity index (χ3v) is 6.70. The van der Waals surface area contributed by atoms with Crippen molar-refractivity contribution in [3.05, 3.63) is 17.8 Å². The van der Waals surface area contributed by atoms with Crippen LogP contribution in [0.3, 0.4) is 0 Å². The molecule has 4 rings (SSSR count). The molecule has 7 heteroatoms. The molecule has 1 saturated heterocycles. The molecule has 146 valence electrons. The van der Waals surface area contributed by atoms with Gasteiger partial charge in [0.25, 0.3) is 0 Å². The number of thiophene rings is 1. The highest BCUT2D eigenvalue weighted by atomic mass is 32.1. The Labute approximate surface area is 165 Å². The van der Waals surface area contributed by atoms with Gasteiger partial charge >= 0.3 is 0 Å². The van der Waals surface area contributed by atoms with Crippen LogP contribution >= 0.6 is 11.3 Å². The highest BCUT2D eigenvalue weighted by Crippen LogP contribution is 2.27. The van der Waals surface area contributed by atoms with Gasteiger partial charge in [0.05, 0.1) is 11.9 Å². The lowest BCUT2D eigenvalue weighted by Crippen LogP contribution is -2.49. The lowest BCUT2D eigenvalue weighted by atomic mass is 9.87. The number of aromatic nitrogens is 2. The van der Waals surface area contributed by atoms with E-state index in [4.69, 9.17) is 0 Å². The maximum atomic E-state index is 12.3. The summed E-state index contributed by atoms with van der Waals surface area (Å²) in [6, 6.07) is 2.10. The fourth-order valence-electron chi connectivity index (χ4n) is 4.30. The predicted octanol–water partition coefficient (Wildman–Crippen LogP) is 2.90.